The van der Waals surface area contributed by atoms with Crippen molar-refractivity contribution in [2.45, 2.75) is 18.5 Å². The molecule has 4 nitrogen and oxygen atoms in total. The summed E-state index contributed by atoms with van der Waals surface area (Å²) in [6.45, 7) is 0.559. The van der Waals surface area contributed by atoms with Gasteiger partial charge in [0.25, 0.3) is 0 Å². The van der Waals surface area contributed by atoms with Gasteiger partial charge in [0, 0.05) is 23.0 Å². The van der Waals surface area contributed by atoms with Crippen molar-refractivity contribution in [3.05, 3.63) is 106 Å². The monoisotopic (exact) mass is 438 g/mol. The van der Waals surface area contributed by atoms with Gasteiger partial charge in [0.15, 0.2) is 0 Å². The maximum atomic E-state index is 13.5. The van der Waals surface area contributed by atoms with E-state index in [0.717, 1.165) is 16.7 Å². The normalized spacial score (nSPS) is 15.3. The lowest BCUT2D eigenvalue weighted by Crippen LogP contribution is -2.51. The molecule has 0 radical (unpaired) electrons. The zero-order valence-corrected chi connectivity index (χ0v) is 17.6. The number of amides is 2. The van der Waals surface area contributed by atoms with Crippen LogP contribution in [-0.4, -0.2) is 23.3 Å². The molecule has 1 saturated heterocycles. The molecule has 1 heterocycles. The SMILES string of the molecule is O=C(NC(c1ccc(Cl)cc1)c1ccccc1Cl)C(c1ccccc1)N1CCC1=O. The molecule has 152 valence electrons. The summed E-state index contributed by atoms with van der Waals surface area (Å²) in [5.41, 5.74) is 2.40. The molecule has 2 unspecified atom stereocenters. The van der Waals surface area contributed by atoms with Crippen molar-refractivity contribution in [3.8, 4) is 0 Å². The maximum Gasteiger partial charge on any atom is 0.248 e. The fourth-order valence-electron chi connectivity index (χ4n) is 3.64. The number of rotatable bonds is 6. The molecule has 2 amide bonds. The van der Waals surface area contributed by atoms with Crippen LogP contribution in [0.3, 0.4) is 0 Å². The van der Waals surface area contributed by atoms with Gasteiger partial charge in [0.05, 0.1) is 6.04 Å². The van der Waals surface area contributed by atoms with Crippen molar-refractivity contribution in [2.75, 3.05) is 6.54 Å². The van der Waals surface area contributed by atoms with Crippen molar-refractivity contribution in [1.82, 2.24) is 10.2 Å². The molecule has 0 spiro atoms. The van der Waals surface area contributed by atoms with Gasteiger partial charge in [0.2, 0.25) is 11.8 Å². The highest BCUT2D eigenvalue weighted by molar-refractivity contribution is 6.31. The van der Waals surface area contributed by atoms with Crippen LogP contribution < -0.4 is 5.32 Å². The lowest BCUT2D eigenvalue weighted by atomic mass is 9.96. The summed E-state index contributed by atoms with van der Waals surface area (Å²) in [6, 6.07) is 22.9. The Hall–Kier alpha value is -2.82. The summed E-state index contributed by atoms with van der Waals surface area (Å²) in [5, 5.41) is 4.28. The molecule has 0 bridgehead atoms. The molecule has 0 aliphatic carbocycles. The number of nitrogens with zero attached hydrogens (tertiary/aromatic N) is 1. The number of nitrogens with one attached hydrogen (secondary N) is 1. The van der Waals surface area contributed by atoms with E-state index in [0.29, 0.717) is 23.0 Å². The van der Waals surface area contributed by atoms with Crippen LogP contribution in [0.25, 0.3) is 0 Å². The first-order chi connectivity index (χ1) is 14.5. The Morgan fingerprint density at radius 2 is 1.53 bits per heavy atom. The smallest absolute Gasteiger partial charge is 0.248 e. The van der Waals surface area contributed by atoms with Gasteiger partial charge in [-0.1, -0.05) is 83.9 Å². The quantitative estimate of drug-likeness (QED) is 0.539. The first kappa shape index (κ1) is 20.5. The average Bonchev–Trinajstić information content (AvgIpc) is 2.76. The van der Waals surface area contributed by atoms with Crippen LogP contribution in [0.5, 0.6) is 0 Å². The summed E-state index contributed by atoms with van der Waals surface area (Å²) in [4.78, 5) is 27.3. The van der Waals surface area contributed by atoms with E-state index < -0.39 is 12.1 Å². The van der Waals surface area contributed by atoms with E-state index in [1.54, 1.807) is 23.1 Å². The van der Waals surface area contributed by atoms with E-state index in [2.05, 4.69) is 5.32 Å². The molecule has 3 aromatic carbocycles. The van der Waals surface area contributed by atoms with Crippen molar-refractivity contribution in [1.29, 1.82) is 0 Å². The second kappa shape index (κ2) is 8.90. The molecular formula is C24H20Cl2N2O2. The van der Waals surface area contributed by atoms with Crippen molar-refractivity contribution < 1.29 is 9.59 Å². The maximum absolute atomic E-state index is 13.5. The Kier molecular flexibility index (Phi) is 6.07. The third-order valence-corrected chi connectivity index (χ3v) is 5.86. The number of carbonyl (C=O) groups is 2. The average molecular weight is 439 g/mol. The van der Waals surface area contributed by atoms with Gasteiger partial charge in [-0.2, -0.15) is 0 Å². The predicted molar refractivity (Wildman–Crippen MR) is 118 cm³/mol. The zero-order valence-electron chi connectivity index (χ0n) is 16.1. The van der Waals surface area contributed by atoms with E-state index >= 15 is 0 Å². The number of carbonyl (C=O) groups excluding carboxylic acids is 2. The Bertz CT molecular complexity index is 1050. The first-order valence-electron chi connectivity index (χ1n) is 9.69. The third-order valence-electron chi connectivity index (χ3n) is 5.27. The van der Waals surface area contributed by atoms with Crippen LogP contribution in [-0.2, 0) is 9.59 Å². The number of hydrogen-bond acceptors (Lipinski definition) is 2. The Labute approximate surface area is 185 Å². The minimum Gasteiger partial charge on any atom is -0.343 e. The van der Waals surface area contributed by atoms with Gasteiger partial charge in [-0.25, -0.2) is 0 Å². The van der Waals surface area contributed by atoms with Crippen LogP contribution in [0.1, 0.15) is 35.2 Å². The minimum atomic E-state index is -0.690. The van der Waals surface area contributed by atoms with Crippen LogP contribution in [0.15, 0.2) is 78.9 Å². The van der Waals surface area contributed by atoms with Gasteiger partial charge < -0.3 is 10.2 Å². The largest absolute Gasteiger partial charge is 0.343 e. The molecule has 0 saturated carbocycles. The Morgan fingerprint density at radius 3 is 2.13 bits per heavy atom. The summed E-state index contributed by atoms with van der Waals surface area (Å²) in [6.07, 6.45) is 0.460. The highest BCUT2D eigenvalue weighted by Gasteiger charge is 2.37. The second-order valence-electron chi connectivity index (χ2n) is 7.17. The highest BCUT2D eigenvalue weighted by Crippen LogP contribution is 2.32. The molecule has 1 aliphatic rings. The number of benzene rings is 3. The molecule has 1 aliphatic heterocycles. The van der Waals surface area contributed by atoms with Gasteiger partial charge in [0.1, 0.15) is 6.04 Å². The summed E-state index contributed by atoms with van der Waals surface area (Å²) in [5.74, 6) is -0.283. The van der Waals surface area contributed by atoms with E-state index in [9.17, 15) is 9.59 Å². The van der Waals surface area contributed by atoms with Gasteiger partial charge >= 0.3 is 0 Å². The fraction of sp³-hybridized carbons (Fsp3) is 0.167. The second-order valence-corrected chi connectivity index (χ2v) is 8.01. The predicted octanol–water partition coefficient (Wildman–Crippen LogP) is 5.17. The molecular weight excluding hydrogens is 419 g/mol. The van der Waals surface area contributed by atoms with Gasteiger partial charge in [-0.3, -0.25) is 9.59 Å². The molecule has 6 heteroatoms. The van der Waals surface area contributed by atoms with E-state index in [1.807, 2.05) is 60.7 Å². The summed E-state index contributed by atoms with van der Waals surface area (Å²) >= 11 is 12.5. The molecule has 2 atom stereocenters. The van der Waals surface area contributed by atoms with E-state index in [-0.39, 0.29) is 11.8 Å². The lowest BCUT2D eigenvalue weighted by molar-refractivity contribution is -0.149. The van der Waals surface area contributed by atoms with Crippen molar-refractivity contribution >= 4 is 35.0 Å². The van der Waals surface area contributed by atoms with Gasteiger partial charge in [-0.05, 0) is 34.9 Å². The van der Waals surface area contributed by atoms with Crippen molar-refractivity contribution in [2.24, 2.45) is 0 Å². The Morgan fingerprint density at radius 1 is 0.867 bits per heavy atom. The Balaban J connectivity index is 1.70. The van der Waals surface area contributed by atoms with E-state index in [4.69, 9.17) is 23.2 Å². The van der Waals surface area contributed by atoms with E-state index in [1.165, 1.54) is 0 Å². The molecule has 1 fully saturated rings. The first-order valence-corrected chi connectivity index (χ1v) is 10.4. The molecule has 4 rings (SSSR count). The molecule has 30 heavy (non-hydrogen) atoms. The van der Waals surface area contributed by atoms with Crippen molar-refractivity contribution in [3.63, 3.8) is 0 Å². The minimum absolute atomic E-state index is 0.0280. The van der Waals surface area contributed by atoms with Gasteiger partial charge in [-0.15, -0.1) is 0 Å². The van der Waals surface area contributed by atoms with Crippen LogP contribution in [0.2, 0.25) is 10.0 Å². The number of β-lactam (4-membered cyclic amide) rings is 1. The molecule has 3 aromatic rings. The van der Waals surface area contributed by atoms with Crippen LogP contribution in [0, 0.1) is 0 Å². The number of halogens is 2. The number of hydrogen-bond donors (Lipinski definition) is 1. The lowest BCUT2D eigenvalue weighted by Gasteiger charge is -2.38. The van der Waals surface area contributed by atoms with Crippen LogP contribution in [0.4, 0.5) is 0 Å². The molecule has 0 aromatic heterocycles. The summed E-state index contributed by atoms with van der Waals surface area (Å²) < 4.78 is 0. The highest BCUT2D eigenvalue weighted by atomic mass is 35.5. The third kappa shape index (κ3) is 4.20. The zero-order chi connectivity index (χ0) is 21.1. The summed E-state index contributed by atoms with van der Waals surface area (Å²) in [7, 11) is 0. The van der Waals surface area contributed by atoms with Crippen LogP contribution >= 0.6 is 23.2 Å². The fourth-order valence-corrected chi connectivity index (χ4v) is 4.01. The molecule has 1 N–H and O–H groups in total. The standard InChI is InChI=1S/C24H20Cl2N2O2/c25-18-12-10-16(11-13-18)22(19-8-4-5-9-20(19)26)27-24(30)23(28-15-14-21(28)29)17-6-2-1-3-7-17/h1-13,22-23H,14-15H2,(H,27,30). The topological polar surface area (TPSA) is 49.4 Å². The number of likely N-dealkylation sites (tertiary alicyclic amines) is 1.